The monoisotopic (exact) mass is 1650 g/mol. The number of alkyl halides is 3. The predicted molar refractivity (Wildman–Crippen MR) is 410 cm³/mol. The summed E-state index contributed by atoms with van der Waals surface area (Å²) in [6.07, 6.45) is -14.8. The van der Waals surface area contributed by atoms with E-state index in [0.29, 0.717) is 10.8 Å². The predicted octanol–water partition coefficient (Wildman–Crippen LogP) is 12.2. The third-order valence-electron chi connectivity index (χ3n) is 20.7. The van der Waals surface area contributed by atoms with E-state index in [1.165, 1.54) is 93.0 Å². The Morgan fingerprint density at radius 2 is 1.03 bits per heavy atom. The minimum atomic E-state index is -4.90. The Morgan fingerprint density at radius 1 is 0.569 bits per heavy atom. The van der Waals surface area contributed by atoms with E-state index < -0.39 is 178 Å². The maximum atomic E-state index is 15.7. The van der Waals surface area contributed by atoms with E-state index in [4.69, 9.17) is 72.6 Å². The lowest BCUT2D eigenvalue weighted by Crippen LogP contribution is -2.47. The summed E-state index contributed by atoms with van der Waals surface area (Å²) in [5.74, 6) is -10.3. The SMILES string of the molecule is CC(C)C(=O)O[C@H]1[C@@H](OC(=O)C(C)C)[C@](C#N)(c2ccc3c(N)ncnn23)O[C@@H]1COP(=O)(N[C@@H](C)C(=O)OC1CCC(c2nc(N)c3ccc([C@]4(C#N)O[C@H](COP(=O)(N[C@@H](C)C(=O)O[C@H]5CC[C@H](C(F)(F)F)CC5)Oc5ccc(C(C)(C)C)cc5)[C@@H](OC(=O)C(C)C)[C@H]4OC(=O)C(C)C)n3n2)CC1)Oc1cccc2ccccc12. The highest BCUT2D eigenvalue weighted by Gasteiger charge is 2.65. The summed E-state index contributed by atoms with van der Waals surface area (Å²) < 4.78 is 149. The van der Waals surface area contributed by atoms with Gasteiger partial charge in [0.05, 0.1) is 54.2 Å². The molecule has 37 heteroatoms. The molecule has 12 atom stereocenters. The first-order valence-corrected chi connectivity index (χ1v) is 41.5. The number of fused-ring (bicyclic) bond motifs is 3. The molecule has 11 rings (SSSR count). The van der Waals surface area contributed by atoms with Gasteiger partial charge in [-0.15, -0.1) is 0 Å². The number of ether oxygens (including phenoxy) is 8. The third-order valence-corrected chi connectivity index (χ3v) is 24.0. The molecule has 4 aromatic heterocycles. The molecule has 4 aliphatic rings. The average Bonchev–Trinajstić information content (AvgIpc) is 1.57. The summed E-state index contributed by atoms with van der Waals surface area (Å²) in [7, 11) is -9.79. The molecule has 2 saturated carbocycles. The third kappa shape index (κ3) is 19.1. The molecule has 3 aromatic carbocycles. The molecule has 4 fully saturated rings. The maximum absolute atomic E-state index is 15.7. The smallest absolute Gasteiger partial charge is 0.459 e. The lowest BCUT2D eigenvalue weighted by molar-refractivity contribution is -0.189. The van der Waals surface area contributed by atoms with Crippen molar-refractivity contribution in [2.24, 2.45) is 29.6 Å². The number of nitrogen functional groups attached to an aromatic ring is 2. The van der Waals surface area contributed by atoms with E-state index in [1.54, 1.807) is 76.2 Å². The quantitative estimate of drug-likeness (QED) is 0.0192. The molecule has 6 heterocycles. The number of anilines is 2. The molecule has 2 aliphatic heterocycles. The van der Waals surface area contributed by atoms with E-state index >= 15 is 9.13 Å². The second-order valence-corrected chi connectivity index (χ2v) is 35.1. The fourth-order valence-corrected chi connectivity index (χ4v) is 17.1. The zero-order valence-corrected chi connectivity index (χ0v) is 68.3. The van der Waals surface area contributed by atoms with Crippen LogP contribution in [0.3, 0.4) is 0 Å². The molecule has 6 N–H and O–H groups in total. The lowest BCUT2D eigenvalue weighted by Gasteiger charge is -2.30. The standard InChI is InChI=1S/C79H97F3N12O20P2/c1-42(2)70(95)107-63-60(111-77(39-83,65(63)109-72(97)44(5)6)61-35-33-56-67(85)87-41-88-93(56)61)38-104-116(102,114-58-20-16-18-48-17-14-15-19-55(48)58)92-47(10)75(100)105-52-27-21-49(22-28-52)69-89-68(86)57-34-36-62(94(57)90-69)78(40-84)66(110-73(98)45(7)8)64(108-71(96)43(3)4)59(112-78)37-103-115(101,113-54-31-23-50(24-32-54)76(11,12)13)91-46(9)74(99)106-53-29-25-51(26-30-53)79(80,81)82/h14-20,23-24,31-36,41-47,49,51-53,59-60,63-66H,21-22,25-30,37-38H2,1-13H3,(H,91,101)(H,92,102)(H2,85,87,88)(H2,86,89,90)/t46-,47-,49?,51-,52?,53-,59+,60+,63+,64+,65+,66+,77-,78-,115?,116?/m0/s1. The van der Waals surface area contributed by atoms with E-state index in [1.807, 2.05) is 20.8 Å². The first-order valence-electron chi connectivity index (χ1n) is 38.4. The van der Waals surface area contributed by atoms with Gasteiger partial charge in [0.25, 0.3) is 0 Å². The number of carbonyl (C=O) groups is 6. The van der Waals surface area contributed by atoms with Gasteiger partial charge in [0.2, 0.25) is 11.2 Å². The van der Waals surface area contributed by atoms with Crippen molar-refractivity contribution in [3.05, 3.63) is 120 Å². The van der Waals surface area contributed by atoms with Crippen LogP contribution in [0.2, 0.25) is 0 Å². The highest BCUT2D eigenvalue weighted by Crippen LogP contribution is 2.53. The number of nitrogens with zero attached hydrogens (tertiary/aromatic N) is 8. The van der Waals surface area contributed by atoms with Gasteiger partial charge in [-0.3, -0.25) is 37.8 Å². The first-order chi connectivity index (χ1) is 54.7. The Bertz CT molecular complexity index is 4970. The van der Waals surface area contributed by atoms with Crippen molar-refractivity contribution < 1.29 is 107 Å². The van der Waals surface area contributed by atoms with Gasteiger partial charge in [0.15, 0.2) is 41.9 Å². The van der Waals surface area contributed by atoms with E-state index in [-0.39, 0.29) is 108 Å². The maximum Gasteiger partial charge on any atom is 0.459 e. The first kappa shape index (κ1) is 87.0. The van der Waals surface area contributed by atoms with Gasteiger partial charge < -0.3 is 58.4 Å². The molecule has 32 nitrogen and oxygen atoms in total. The summed E-state index contributed by atoms with van der Waals surface area (Å²) in [5, 5.41) is 38.8. The summed E-state index contributed by atoms with van der Waals surface area (Å²) in [6.45, 7) is 19.3. The average molecular weight is 1650 g/mol. The topological polar surface area (TPSA) is 431 Å². The van der Waals surface area contributed by atoms with Crippen molar-refractivity contribution in [3.63, 3.8) is 0 Å². The number of hydrogen-bond acceptors (Lipinski definition) is 28. The number of nitrogens with one attached hydrogen (secondary N) is 2. The number of carbonyl (C=O) groups excluding carboxylic acids is 6. The Morgan fingerprint density at radius 3 is 1.51 bits per heavy atom. The van der Waals surface area contributed by atoms with Crippen molar-refractivity contribution >= 4 is 84.8 Å². The van der Waals surface area contributed by atoms with Crippen molar-refractivity contribution in [2.75, 3.05) is 24.7 Å². The highest BCUT2D eigenvalue weighted by molar-refractivity contribution is 7.52. The molecule has 7 aromatic rings. The van der Waals surface area contributed by atoms with Crippen molar-refractivity contribution in [2.45, 2.75) is 231 Å². The van der Waals surface area contributed by atoms with E-state index in [9.17, 15) is 52.5 Å². The van der Waals surface area contributed by atoms with Crippen LogP contribution in [0, 0.1) is 52.3 Å². The van der Waals surface area contributed by atoms with Crippen LogP contribution < -0.4 is 30.7 Å². The van der Waals surface area contributed by atoms with Gasteiger partial charge >= 0.3 is 57.5 Å². The Kier molecular flexibility index (Phi) is 26.4. The summed E-state index contributed by atoms with van der Waals surface area (Å²) in [6, 6.07) is 25.7. The molecule has 0 amide bonds. The van der Waals surface area contributed by atoms with Crippen LogP contribution in [0.4, 0.5) is 24.8 Å². The molecule has 2 aliphatic carbocycles. The van der Waals surface area contributed by atoms with Gasteiger partial charge in [-0.25, -0.2) is 28.1 Å². The van der Waals surface area contributed by atoms with E-state index in [0.717, 1.165) is 11.9 Å². The number of nitriles is 2. The second-order valence-electron chi connectivity index (χ2n) is 31.8. The number of rotatable bonds is 29. The van der Waals surface area contributed by atoms with Gasteiger partial charge in [0, 0.05) is 11.3 Å². The summed E-state index contributed by atoms with van der Waals surface area (Å²) in [4.78, 5) is 92.2. The summed E-state index contributed by atoms with van der Waals surface area (Å²) >= 11 is 0. The van der Waals surface area contributed by atoms with Gasteiger partial charge in [-0.2, -0.15) is 44.1 Å². The minimum Gasteiger partial charge on any atom is -0.461 e. The van der Waals surface area contributed by atoms with Crippen LogP contribution in [0.15, 0.2) is 97.3 Å². The number of halogens is 3. The number of esters is 6. The van der Waals surface area contributed by atoms with Crippen LogP contribution in [-0.2, 0) is 101 Å². The molecule has 0 spiro atoms. The number of hydrogen-bond donors (Lipinski definition) is 4. The molecule has 0 bridgehead atoms. The second kappa shape index (κ2) is 35.2. The van der Waals surface area contributed by atoms with E-state index in [2.05, 4.69) is 37.4 Å². The fraction of sp³-hybridized carbons (Fsp3) is 0.544. The van der Waals surface area contributed by atoms with Crippen molar-refractivity contribution in [1.29, 1.82) is 10.5 Å². The Hall–Kier alpha value is -9.83. The van der Waals surface area contributed by atoms with Gasteiger partial charge in [-0.1, -0.05) is 125 Å². The minimum absolute atomic E-state index is 0.00423. The number of benzene rings is 3. The number of aromatic nitrogens is 6. The molecule has 116 heavy (non-hydrogen) atoms. The van der Waals surface area contributed by atoms with Crippen LogP contribution in [0.1, 0.15) is 170 Å². The normalized spacial score (nSPS) is 25.4. The van der Waals surface area contributed by atoms with Gasteiger partial charge in [-0.05, 0) is 124 Å². The molecule has 624 valence electrons. The zero-order valence-electron chi connectivity index (χ0n) is 66.5. The molecule has 2 saturated heterocycles. The zero-order chi connectivity index (χ0) is 84.3. The van der Waals surface area contributed by atoms with Crippen LogP contribution in [0.5, 0.6) is 11.5 Å². The Balaban J connectivity index is 0.842. The Labute approximate surface area is 667 Å². The van der Waals surface area contributed by atoms with Crippen molar-refractivity contribution in [3.8, 4) is 23.6 Å². The van der Waals surface area contributed by atoms with Crippen LogP contribution in [-0.4, -0.2) is 145 Å². The van der Waals surface area contributed by atoms with Crippen LogP contribution >= 0.6 is 15.5 Å². The van der Waals surface area contributed by atoms with Gasteiger partial charge in [0.1, 0.15) is 77.5 Å². The molecule has 2 unspecified atom stereocenters. The molecular weight excluding hydrogens is 1560 g/mol. The largest absolute Gasteiger partial charge is 0.461 e. The lowest BCUT2D eigenvalue weighted by atomic mass is 9.87. The molecule has 0 radical (unpaired) electrons. The summed E-state index contributed by atoms with van der Waals surface area (Å²) in [5.41, 5.74) is 9.01. The fourth-order valence-electron chi connectivity index (χ4n) is 14.1. The molecular formula is C79H97F3N12O20P2. The van der Waals surface area contributed by atoms with Crippen molar-refractivity contribution in [1.82, 2.24) is 39.4 Å². The highest BCUT2D eigenvalue weighted by atomic mass is 31.2. The van der Waals surface area contributed by atoms with Crippen LogP contribution in [0.25, 0.3) is 21.8 Å². The number of nitrogens with two attached hydrogens (primary N) is 2.